The number of rotatable bonds is 9. The minimum Gasteiger partial charge on any atom is -0.494 e. The molecular weight excluding hydrogens is 497 g/mol. The molecule has 3 N–H and O–H groups in total. The van der Waals surface area contributed by atoms with Crippen molar-refractivity contribution >= 4 is 17.8 Å². The van der Waals surface area contributed by atoms with Crippen LogP contribution < -0.4 is 20.5 Å². The summed E-state index contributed by atoms with van der Waals surface area (Å²) >= 11 is 0. The largest absolute Gasteiger partial charge is 0.494 e. The number of carbonyl (C=O) groups excluding carboxylic acids is 3. The summed E-state index contributed by atoms with van der Waals surface area (Å²) in [4.78, 5) is 39.8. The summed E-state index contributed by atoms with van der Waals surface area (Å²) in [5.41, 5.74) is 5.60. The van der Waals surface area contributed by atoms with Crippen LogP contribution >= 0.6 is 0 Å². The average molecular weight is 532 g/mol. The number of amides is 2. The van der Waals surface area contributed by atoms with Crippen LogP contribution in [0.4, 0.5) is 9.18 Å². The molecule has 1 aliphatic rings. The van der Waals surface area contributed by atoms with Crippen molar-refractivity contribution in [2.75, 3.05) is 33.6 Å². The van der Waals surface area contributed by atoms with E-state index in [0.29, 0.717) is 6.61 Å². The lowest BCUT2D eigenvalue weighted by Crippen LogP contribution is -2.46. The van der Waals surface area contributed by atoms with Crippen molar-refractivity contribution in [1.82, 2.24) is 10.2 Å². The van der Waals surface area contributed by atoms with Crippen molar-refractivity contribution in [2.24, 2.45) is 5.73 Å². The van der Waals surface area contributed by atoms with Gasteiger partial charge in [-0.25, -0.2) is 9.18 Å². The molecular formula is C27H34FN3O7. The van der Waals surface area contributed by atoms with Gasteiger partial charge in [0.25, 0.3) is 5.91 Å². The zero-order valence-electron chi connectivity index (χ0n) is 22.2. The topological polar surface area (TPSA) is 129 Å². The van der Waals surface area contributed by atoms with Gasteiger partial charge in [-0.15, -0.1) is 0 Å². The quantitative estimate of drug-likeness (QED) is 0.287. The second-order valence-electron chi connectivity index (χ2n) is 9.75. The Bertz CT molecular complexity index is 1160. The number of benzene rings is 2. The van der Waals surface area contributed by atoms with E-state index in [9.17, 15) is 14.4 Å². The Hall–Kier alpha value is -3.70. The molecule has 2 aromatic rings. The van der Waals surface area contributed by atoms with E-state index in [1.165, 1.54) is 48.4 Å². The Balaban J connectivity index is 1.71. The second kappa shape index (κ2) is 12.2. The molecule has 2 atom stereocenters. The molecule has 1 heterocycles. The standard InChI is InChI=1S/C27H34FN3O7/c1-6-36-15-37-20-11-12-21(35-5)23(28)22(20)24(32)16-7-9-17(10-8-16)25(33)30-19-14-31(13-18(19)29)26(34)38-27(2,3)4/h7-12,18-19H,6,13-15,29H2,1-5H3,(H,30,33)/t18-,19-/m1/s1. The van der Waals surface area contributed by atoms with E-state index in [0.717, 1.165) is 0 Å². The second-order valence-corrected chi connectivity index (χ2v) is 9.75. The van der Waals surface area contributed by atoms with Crippen molar-refractivity contribution in [2.45, 2.75) is 45.4 Å². The lowest BCUT2D eigenvalue weighted by Gasteiger charge is -2.24. The molecule has 0 radical (unpaired) electrons. The Morgan fingerprint density at radius 1 is 1.05 bits per heavy atom. The van der Waals surface area contributed by atoms with Crippen LogP contribution in [0.3, 0.4) is 0 Å². The molecule has 1 fully saturated rings. The van der Waals surface area contributed by atoms with E-state index in [4.69, 9.17) is 24.7 Å². The van der Waals surface area contributed by atoms with Crippen LogP contribution in [-0.4, -0.2) is 74.0 Å². The molecule has 11 heteroatoms. The summed E-state index contributed by atoms with van der Waals surface area (Å²) in [6.07, 6.45) is -0.498. The highest BCUT2D eigenvalue weighted by atomic mass is 19.1. The average Bonchev–Trinajstić information content (AvgIpc) is 3.23. The number of methoxy groups -OCH3 is 1. The monoisotopic (exact) mass is 531 g/mol. The predicted octanol–water partition coefficient (Wildman–Crippen LogP) is 3.11. The smallest absolute Gasteiger partial charge is 0.410 e. The highest BCUT2D eigenvalue weighted by molar-refractivity contribution is 6.11. The molecule has 1 saturated heterocycles. The Kier molecular flexibility index (Phi) is 9.29. The Morgan fingerprint density at radius 2 is 1.68 bits per heavy atom. The molecule has 0 unspecified atom stereocenters. The maximum Gasteiger partial charge on any atom is 0.410 e. The number of carbonyl (C=O) groups is 3. The Morgan fingerprint density at radius 3 is 2.29 bits per heavy atom. The first-order valence-electron chi connectivity index (χ1n) is 12.2. The third-order valence-electron chi connectivity index (χ3n) is 5.76. The molecule has 3 rings (SSSR count). The zero-order valence-corrected chi connectivity index (χ0v) is 22.2. The predicted molar refractivity (Wildman–Crippen MR) is 137 cm³/mol. The normalized spacial score (nSPS) is 17.2. The maximum atomic E-state index is 15.0. The fraction of sp³-hybridized carbons (Fsp3) is 0.444. The van der Waals surface area contributed by atoms with Crippen molar-refractivity contribution in [3.63, 3.8) is 0 Å². The van der Waals surface area contributed by atoms with Gasteiger partial charge in [-0.1, -0.05) is 12.1 Å². The summed E-state index contributed by atoms with van der Waals surface area (Å²) in [6.45, 7) is 7.76. The first kappa shape index (κ1) is 28.9. The van der Waals surface area contributed by atoms with E-state index in [2.05, 4.69) is 5.32 Å². The fourth-order valence-corrected chi connectivity index (χ4v) is 3.84. The highest BCUT2D eigenvalue weighted by Crippen LogP contribution is 2.31. The zero-order chi connectivity index (χ0) is 28.0. The number of nitrogens with one attached hydrogen (secondary N) is 1. The van der Waals surface area contributed by atoms with Gasteiger partial charge in [0.1, 0.15) is 16.9 Å². The number of ketones is 1. The van der Waals surface area contributed by atoms with E-state index in [-0.39, 0.29) is 48.1 Å². The summed E-state index contributed by atoms with van der Waals surface area (Å²) in [6, 6.07) is 7.58. The van der Waals surface area contributed by atoms with Crippen molar-refractivity contribution in [1.29, 1.82) is 0 Å². The van der Waals surface area contributed by atoms with Crippen molar-refractivity contribution < 1.29 is 37.7 Å². The van der Waals surface area contributed by atoms with Crippen molar-refractivity contribution in [3.8, 4) is 11.5 Å². The van der Waals surface area contributed by atoms with Gasteiger partial charge in [-0.2, -0.15) is 0 Å². The molecule has 2 amide bonds. The van der Waals surface area contributed by atoms with Crippen LogP contribution in [-0.2, 0) is 9.47 Å². The van der Waals surface area contributed by atoms with E-state index in [1.807, 2.05) is 0 Å². The van der Waals surface area contributed by atoms with Crippen LogP contribution in [0.25, 0.3) is 0 Å². The van der Waals surface area contributed by atoms with Gasteiger partial charge in [0.15, 0.2) is 24.1 Å². The minimum atomic E-state index is -0.863. The number of nitrogens with zero attached hydrogens (tertiary/aromatic N) is 1. The number of ether oxygens (including phenoxy) is 4. The maximum absolute atomic E-state index is 15.0. The molecule has 206 valence electrons. The molecule has 0 bridgehead atoms. The van der Waals surface area contributed by atoms with E-state index < -0.39 is 41.3 Å². The van der Waals surface area contributed by atoms with Crippen LogP contribution in [0, 0.1) is 5.82 Å². The highest BCUT2D eigenvalue weighted by Gasteiger charge is 2.36. The van der Waals surface area contributed by atoms with Gasteiger partial charge in [-0.3, -0.25) is 9.59 Å². The number of halogens is 1. The summed E-state index contributed by atoms with van der Waals surface area (Å²) in [5.74, 6) is -2.04. The van der Waals surface area contributed by atoms with Gasteiger partial charge >= 0.3 is 6.09 Å². The van der Waals surface area contributed by atoms with Crippen LogP contribution in [0.1, 0.15) is 54.0 Å². The molecule has 0 spiro atoms. The van der Waals surface area contributed by atoms with Gasteiger partial charge in [0.05, 0.1) is 13.2 Å². The summed E-state index contributed by atoms with van der Waals surface area (Å²) in [5, 5.41) is 2.83. The SMILES string of the molecule is CCOCOc1ccc(OC)c(F)c1C(=O)c1ccc(C(=O)N[C@@H]2CN(C(=O)OC(C)(C)C)C[C@H]2N)cc1. The van der Waals surface area contributed by atoms with E-state index >= 15 is 4.39 Å². The Labute approximate surface area is 221 Å². The molecule has 2 aromatic carbocycles. The molecule has 10 nitrogen and oxygen atoms in total. The lowest BCUT2D eigenvalue weighted by molar-refractivity contribution is 0.0217. The number of hydrogen-bond acceptors (Lipinski definition) is 8. The third-order valence-corrected chi connectivity index (χ3v) is 5.76. The summed E-state index contributed by atoms with van der Waals surface area (Å²) in [7, 11) is 1.30. The molecule has 0 saturated carbocycles. The molecule has 1 aliphatic heterocycles. The van der Waals surface area contributed by atoms with Crippen LogP contribution in [0.5, 0.6) is 11.5 Å². The first-order valence-corrected chi connectivity index (χ1v) is 12.2. The minimum absolute atomic E-state index is 0.00771. The fourth-order valence-electron chi connectivity index (χ4n) is 3.84. The molecule has 0 aliphatic carbocycles. The third kappa shape index (κ3) is 6.99. The first-order chi connectivity index (χ1) is 17.9. The summed E-state index contributed by atoms with van der Waals surface area (Å²) < 4.78 is 36.0. The lowest BCUT2D eigenvalue weighted by atomic mass is 10.00. The van der Waals surface area contributed by atoms with Crippen LogP contribution in [0.2, 0.25) is 0 Å². The van der Waals surface area contributed by atoms with E-state index in [1.54, 1.807) is 27.7 Å². The van der Waals surface area contributed by atoms with Gasteiger partial charge in [0, 0.05) is 36.9 Å². The molecule has 38 heavy (non-hydrogen) atoms. The molecule has 0 aromatic heterocycles. The number of nitrogens with two attached hydrogens (primary N) is 1. The number of hydrogen-bond donors (Lipinski definition) is 2. The van der Waals surface area contributed by atoms with Crippen molar-refractivity contribution in [3.05, 3.63) is 58.9 Å². The van der Waals surface area contributed by atoms with Gasteiger partial charge < -0.3 is 34.9 Å². The van der Waals surface area contributed by atoms with Gasteiger partial charge in [-0.05, 0) is 52.0 Å². The van der Waals surface area contributed by atoms with Crippen LogP contribution in [0.15, 0.2) is 36.4 Å². The number of likely N-dealkylation sites (tertiary alicyclic amines) is 1. The van der Waals surface area contributed by atoms with Gasteiger partial charge in [0.2, 0.25) is 0 Å².